The van der Waals surface area contributed by atoms with Gasteiger partial charge in [0.2, 0.25) is 5.88 Å². The summed E-state index contributed by atoms with van der Waals surface area (Å²) in [5.41, 5.74) is 1.75. The van der Waals surface area contributed by atoms with Crippen LogP contribution in [0.25, 0.3) is 0 Å². The number of ether oxygens (including phenoxy) is 2. The van der Waals surface area contributed by atoms with Gasteiger partial charge in [0.15, 0.2) is 6.61 Å². The number of nitrogens with one attached hydrogen (secondary N) is 2. The second-order valence-corrected chi connectivity index (χ2v) is 6.68. The van der Waals surface area contributed by atoms with Crippen molar-refractivity contribution in [1.82, 2.24) is 15.6 Å². The maximum absolute atomic E-state index is 12.2. The van der Waals surface area contributed by atoms with Crippen molar-refractivity contribution in [2.45, 2.75) is 31.5 Å². The molecule has 2 heterocycles. The molecular weight excluding hydrogens is 387 g/mol. The first-order valence-corrected chi connectivity index (χ1v) is 9.28. The van der Waals surface area contributed by atoms with Gasteiger partial charge in [-0.3, -0.25) is 0 Å². The summed E-state index contributed by atoms with van der Waals surface area (Å²) in [7, 11) is 0. The molecule has 0 radical (unpaired) electrons. The van der Waals surface area contributed by atoms with E-state index >= 15 is 0 Å². The molecule has 1 aromatic heterocycles. The van der Waals surface area contributed by atoms with Gasteiger partial charge >= 0.3 is 12.2 Å². The number of nitrogens with zero attached hydrogens (tertiary/aromatic N) is 1. The van der Waals surface area contributed by atoms with Crippen molar-refractivity contribution in [1.29, 1.82) is 0 Å². The number of pyridine rings is 1. The molecule has 156 valence electrons. The average molecular weight is 409 g/mol. The third kappa shape index (κ3) is 6.55. The minimum Gasteiger partial charge on any atom is -0.493 e. The molecule has 0 aliphatic carbocycles. The number of para-hydroxylation sites is 1. The second-order valence-electron chi connectivity index (χ2n) is 6.68. The van der Waals surface area contributed by atoms with E-state index in [1.807, 2.05) is 24.3 Å². The maximum atomic E-state index is 12.2. The smallest absolute Gasteiger partial charge is 0.422 e. The molecule has 0 bridgehead atoms. The number of rotatable bonds is 7. The fourth-order valence-electron chi connectivity index (χ4n) is 3.12. The second kappa shape index (κ2) is 9.49. The van der Waals surface area contributed by atoms with Crippen LogP contribution in [0.3, 0.4) is 0 Å². The van der Waals surface area contributed by atoms with Crippen LogP contribution < -0.4 is 20.1 Å². The van der Waals surface area contributed by atoms with Gasteiger partial charge in [-0.05, 0) is 42.0 Å². The molecule has 1 atom stereocenters. The molecule has 1 aliphatic heterocycles. The van der Waals surface area contributed by atoms with E-state index in [4.69, 9.17) is 4.74 Å². The van der Waals surface area contributed by atoms with Crippen LogP contribution in [0.2, 0.25) is 0 Å². The Morgan fingerprint density at radius 2 is 2.07 bits per heavy atom. The van der Waals surface area contributed by atoms with Gasteiger partial charge in [0, 0.05) is 25.4 Å². The molecule has 2 aromatic rings. The highest BCUT2D eigenvalue weighted by Crippen LogP contribution is 2.35. The Labute approximate surface area is 166 Å². The Morgan fingerprint density at radius 1 is 1.24 bits per heavy atom. The predicted octanol–water partition coefficient (Wildman–Crippen LogP) is 3.78. The number of fused-ring (bicyclic) bond motifs is 1. The molecule has 2 N–H and O–H groups in total. The number of aromatic nitrogens is 1. The SMILES string of the molecule is O=C(NCC[C@H]1CCOc2ccccc21)NCc1ccnc(OCC(F)(F)F)c1. The number of halogens is 3. The normalized spacial score (nSPS) is 15.8. The maximum Gasteiger partial charge on any atom is 0.422 e. The van der Waals surface area contributed by atoms with Gasteiger partial charge in [0.05, 0.1) is 6.61 Å². The van der Waals surface area contributed by atoms with Crippen LogP contribution in [0.1, 0.15) is 29.9 Å². The number of alkyl halides is 3. The van der Waals surface area contributed by atoms with Crippen molar-refractivity contribution in [2.75, 3.05) is 19.8 Å². The van der Waals surface area contributed by atoms with E-state index in [0.717, 1.165) is 24.2 Å². The van der Waals surface area contributed by atoms with Crippen LogP contribution in [-0.2, 0) is 6.54 Å². The lowest BCUT2D eigenvalue weighted by molar-refractivity contribution is -0.154. The summed E-state index contributed by atoms with van der Waals surface area (Å²) in [6, 6.07) is 10.5. The first kappa shape index (κ1) is 20.8. The lowest BCUT2D eigenvalue weighted by Gasteiger charge is -2.25. The van der Waals surface area contributed by atoms with Gasteiger partial charge in [0.25, 0.3) is 0 Å². The Bertz CT molecular complexity index is 830. The third-order valence-electron chi connectivity index (χ3n) is 4.50. The van der Waals surface area contributed by atoms with Crippen LogP contribution in [0.15, 0.2) is 42.6 Å². The van der Waals surface area contributed by atoms with E-state index < -0.39 is 12.8 Å². The molecule has 3 rings (SSSR count). The standard InChI is InChI=1S/C20H22F3N3O3/c21-20(22,23)13-29-18-11-14(5-8-24-18)12-26-19(27)25-9-6-15-7-10-28-17-4-2-1-3-16(15)17/h1-5,8,11,15H,6-7,9-10,12-13H2,(H2,25,26,27)/t15-/m0/s1. The first-order chi connectivity index (χ1) is 13.9. The molecule has 0 saturated carbocycles. The van der Waals surface area contributed by atoms with Crippen molar-refractivity contribution in [3.63, 3.8) is 0 Å². The van der Waals surface area contributed by atoms with Crippen molar-refractivity contribution in [3.8, 4) is 11.6 Å². The topological polar surface area (TPSA) is 72.5 Å². The molecular formula is C20H22F3N3O3. The minimum atomic E-state index is -4.43. The van der Waals surface area contributed by atoms with Crippen LogP contribution in [0.5, 0.6) is 11.6 Å². The molecule has 0 spiro atoms. The molecule has 2 amide bonds. The monoisotopic (exact) mass is 409 g/mol. The fourth-order valence-corrected chi connectivity index (χ4v) is 3.12. The molecule has 1 aliphatic rings. The Balaban J connectivity index is 1.41. The van der Waals surface area contributed by atoms with Crippen LogP contribution in [-0.4, -0.2) is 36.9 Å². The molecule has 9 heteroatoms. The van der Waals surface area contributed by atoms with Crippen LogP contribution >= 0.6 is 0 Å². The number of hydrogen-bond donors (Lipinski definition) is 2. The summed E-state index contributed by atoms with van der Waals surface area (Å²) in [4.78, 5) is 15.7. The van der Waals surface area contributed by atoms with Gasteiger partial charge in [-0.25, -0.2) is 9.78 Å². The Hall–Kier alpha value is -2.97. The zero-order valence-corrected chi connectivity index (χ0v) is 15.7. The van der Waals surface area contributed by atoms with Gasteiger partial charge in [-0.2, -0.15) is 13.2 Å². The van der Waals surface area contributed by atoms with Crippen LogP contribution in [0.4, 0.5) is 18.0 Å². The molecule has 29 heavy (non-hydrogen) atoms. The number of carbonyl (C=O) groups is 1. The van der Waals surface area contributed by atoms with Crippen molar-refractivity contribution < 1.29 is 27.4 Å². The zero-order valence-electron chi connectivity index (χ0n) is 15.7. The highest BCUT2D eigenvalue weighted by molar-refractivity contribution is 5.73. The van der Waals surface area contributed by atoms with E-state index in [9.17, 15) is 18.0 Å². The Kier molecular flexibility index (Phi) is 6.79. The van der Waals surface area contributed by atoms with Gasteiger partial charge in [-0.1, -0.05) is 18.2 Å². The van der Waals surface area contributed by atoms with Gasteiger partial charge in [-0.15, -0.1) is 0 Å². The Morgan fingerprint density at radius 3 is 2.90 bits per heavy atom. The van der Waals surface area contributed by atoms with Gasteiger partial charge in [0.1, 0.15) is 5.75 Å². The lowest BCUT2D eigenvalue weighted by Crippen LogP contribution is -2.36. The summed E-state index contributed by atoms with van der Waals surface area (Å²) in [6.45, 7) is -0.0979. The first-order valence-electron chi connectivity index (χ1n) is 9.28. The minimum absolute atomic E-state index is 0.139. The summed E-state index contributed by atoms with van der Waals surface area (Å²) >= 11 is 0. The number of hydrogen-bond acceptors (Lipinski definition) is 4. The molecule has 0 fully saturated rings. The average Bonchev–Trinajstić information content (AvgIpc) is 2.71. The molecule has 6 nitrogen and oxygen atoms in total. The summed E-state index contributed by atoms with van der Waals surface area (Å²) < 4.78 is 46.9. The van der Waals surface area contributed by atoms with E-state index in [1.165, 1.54) is 12.3 Å². The van der Waals surface area contributed by atoms with Gasteiger partial charge < -0.3 is 20.1 Å². The zero-order chi connectivity index (χ0) is 20.7. The lowest BCUT2D eigenvalue weighted by atomic mass is 9.90. The van der Waals surface area contributed by atoms with Crippen molar-refractivity contribution in [3.05, 3.63) is 53.7 Å². The number of benzene rings is 1. The van der Waals surface area contributed by atoms with E-state index in [0.29, 0.717) is 24.6 Å². The summed E-state index contributed by atoms with van der Waals surface area (Å²) in [5, 5.41) is 5.48. The third-order valence-corrected chi connectivity index (χ3v) is 4.50. The van der Waals surface area contributed by atoms with E-state index in [1.54, 1.807) is 6.07 Å². The highest BCUT2D eigenvalue weighted by Gasteiger charge is 2.28. The van der Waals surface area contributed by atoms with E-state index in [2.05, 4.69) is 20.4 Å². The number of urea groups is 1. The number of amides is 2. The van der Waals surface area contributed by atoms with E-state index in [-0.39, 0.29) is 18.5 Å². The van der Waals surface area contributed by atoms with Crippen molar-refractivity contribution in [2.24, 2.45) is 0 Å². The summed E-state index contributed by atoms with van der Waals surface area (Å²) in [6.07, 6.45) is -1.40. The highest BCUT2D eigenvalue weighted by atomic mass is 19.4. The van der Waals surface area contributed by atoms with Crippen molar-refractivity contribution >= 4 is 6.03 Å². The molecule has 0 unspecified atom stereocenters. The quantitative estimate of drug-likeness (QED) is 0.730. The molecule has 0 saturated heterocycles. The summed E-state index contributed by atoms with van der Waals surface area (Å²) in [5.74, 6) is 1.09. The van der Waals surface area contributed by atoms with Crippen LogP contribution in [0, 0.1) is 0 Å². The predicted molar refractivity (Wildman–Crippen MR) is 99.9 cm³/mol. The largest absolute Gasteiger partial charge is 0.493 e. The molecule has 1 aromatic carbocycles. The fraction of sp³-hybridized carbons (Fsp3) is 0.400. The number of carbonyl (C=O) groups excluding carboxylic acids is 1.